The van der Waals surface area contributed by atoms with E-state index >= 15 is 0 Å². The van der Waals surface area contributed by atoms with Gasteiger partial charge in [-0.2, -0.15) is 0 Å². The lowest BCUT2D eigenvalue weighted by molar-refractivity contribution is -0.136. The standard InChI is InChI=1S/C20H18ClNO2/c1-14-7-8-16(21)13-19(14)22-17(10-12-20(23)24)9-11-18(22)15-5-3-2-4-6-15/h2-9,11,13H,10,12H2,1H3,(H,23,24). The molecule has 0 bridgehead atoms. The lowest BCUT2D eigenvalue weighted by Crippen LogP contribution is -2.06. The second kappa shape index (κ2) is 6.93. The van der Waals surface area contributed by atoms with Crippen LogP contribution in [0.2, 0.25) is 5.02 Å². The molecule has 0 aliphatic rings. The molecule has 3 nitrogen and oxygen atoms in total. The van der Waals surface area contributed by atoms with Gasteiger partial charge in [-0.25, -0.2) is 0 Å². The smallest absolute Gasteiger partial charge is 0.303 e. The highest BCUT2D eigenvalue weighted by Gasteiger charge is 2.14. The Morgan fingerprint density at radius 2 is 1.83 bits per heavy atom. The van der Waals surface area contributed by atoms with Gasteiger partial charge < -0.3 is 9.67 Å². The summed E-state index contributed by atoms with van der Waals surface area (Å²) in [5, 5.41) is 9.69. The van der Waals surface area contributed by atoms with Crippen molar-refractivity contribution in [2.24, 2.45) is 0 Å². The lowest BCUT2D eigenvalue weighted by Gasteiger charge is -2.16. The molecule has 0 saturated heterocycles. The minimum atomic E-state index is -0.799. The summed E-state index contributed by atoms with van der Waals surface area (Å²) in [4.78, 5) is 11.0. The van der Waals surface area contributed by atoms with Gasteiger partial charge in [-0.3, -0.25) is 4.79 Å². The third kappa shape index (κ3) is 3.36. The molecule has 0 saturated carbocycles. The summed E-state index contributed by atoms with van der Waals surface area (Å²) >= 11 is 6.20. The Morgan fingerprint density at radius 1 is 1.08 bits per heavy atom. The normalized spacial score (nSPS) is 10.8. The molecule has 3 aromatic rings. The van der Waals surface area contributed by atoms with Crippen LogP contribution in [0.25, 0.3) is 16.9 Å². The maximum Gasteiger partial charge on any atom is 0.303 e. The third-order valence-corrected chi connectivity index (χ3v) is 4.27. The van der Waals surface area contributed by atoms with Crippen molar-refractivity contribution in [3.8, 4) is 16.9 Å². The minimum Gasteiger partial charge on any atom is -0.481 e. The van der Waals surface area contributed by atoms with E-state index in [-0.39, 0.29) is 6.42 Å². The molecule has 2 aromatic carbocycles. The molecule has 0 spiro atoms. The van der Waals surface area contributed by atoms with Gasteiger partial charge in [0.25, 0.3) is 0 Å². The Labute approximate surface area is 146 Å². The second-order valence-electron chi connectivity index (χ2n) is 5.74. The van der Waals surface area contributed by atoms with Crippen molar-refractivity contribution >= 4 is 17.6 Å². The van der Waals surface area contributed by atoms with Gasteiger partial charge in [-0.15, -0.1) is 0 Å². The zero-order chi connectivity index (χ0) is 17.1. The van der Waals surface area contributed by atoms with E-state index in [0.29, 0.717) is 11.4 Å². The Bertz CT molecular complexity index is 869. The van der Waals surface area contributed by atoms with Crippen LogP contribution in [-0.4, -0.2) is 15.6 Å². The highest BCUT2D eigenvalue weighted by atomic mass is 35.5. The molecule has 4 heteroatoms. The van der Waals surface area contributed by atoms with Crippen LogP contribution in [0.15, 0.2) is 60.7 Å². The van der Waals surface area contributed by atoms with Crippen LogP contribution in [0.1, 0.15) is 17.7 Å². The minimum absolute atomic E-state index is 0.0951. The fourth-order valence-electron chi connectivity index (χ4n) is 2.85. The average Bonchev–Trinajstić information content (AvgIpc) is 2.99. The number of benzene rings is 2. The van der Waals surface area contributed by atoms with E-state index < -0.39 is 5.97 Å². The summed E-state index contributed by atoms with van der Waals surface area (Å²) in [5.41, 5.74) is 5.14. The van der Waals surface area contributed by atoms with E-state index in [1.807, 2.05) is 67.6 Å². The molecule has 1 heterocycles. The number of nitrogens with zero attached hydrogens (tertiary/aromatic N) is 1. The van der Waals surface area contributed by atoms with Gasteiger partial charge in [0.15, 0.2) is 0 Å². The van der Waals surface area contributed by atoms with Crippen LogP contribution in [-0.2, 0) is 11.2 Å². The SMILES string of the molecule is Cc1ccc(Cl)cc1-n1c(CCC(=O)O)ccc1-c1ccccc1. The third-order valence-electron chi connectivity index (χ3n) is 4.04. The zero-order valence-electron chi connectivity index (χ0n) is 13.4. The molecule has 122 valence electrons. The molecule has 0 aliphatic carbocycles. The molecule has 0 radical (unpaired) electrons. The van der Waals surface area contributed by atoms with Crippen LogP contribution in [0.3, 0.4) is 0 Å². The van der Waals surface area contributed by atoms with Gasteiger partial charge in [0.1, 0.15) is 0 Å². The Hall–Kier alpha value is -2.52. The van der Waals surface area contributed by atoms with E-state index in [9.17, 15) is 4.79 Å². The summed E-state index contributed by atoms with van der Waals surface area (Å²) in [6.07, 6.45) is 0.561. The number of halogens is 1. The average molecular weight is 340 g/mol. The van der Waals surface area contributed by atoms with Crippen molar-refractivity contribution < 1.29 is 9.90 Å². The van der Waals surface area contributed by atoms with Gasteiger partial charge in [-0.1, -0.05) is 48.0 Å². The van der Waals surface area contributed by atoms with Crippen LogP contribution in [0.5, 0.6) is 0 Å². The number of carboxylic acids is 1. The molecule has 1 aromatic heterocycles. The second-order valence-corrected chi connectivity index (χ2v) is 6.17. The monoisotopic (exact) mass is 339 g/mol. The van der Waals surface area contributed by atoms with Crippen molar-refractivity contribution in [2.45, 2.75) is 19.8 Å². The lowest BCUT2D eigenvalue weighted by atomic mass is 10.1. The molecular weight excluding hydrogens is 322 g/mol. The van der Waals surface area contributed by atoms with Crippen molar-refractivity contribution in [2.75, 3.05) is 0 Å². The first kappa shape index (κ1) is 16.3. The first-order valence-electron chi connectivity index (χ1n) is 7.80. The van der Waals surface area contributed by atoms with Gasteiger partial charge in [0, 0.05) is 10.7 Å². The van der Waals surface area contributed by atoms with Crippen LogP contribution in [0, 0.1) is 6.92 Å². The Morgan fingerprint density at radius 3 is 2.54 bits per heavy atom. The highest BCUT2D eigenvalue weighted by Crippen LogP contribution is 2.30. The van der Waals surface area contributed by atoms with Crippen LogP contribution in [0.4, 0.5) is 0 Å². The van der Waals surface area contributed by atoms with E-state index in [0.717, 1.165) is 28.2 Å². The number of aliphatic carboxylic acids is 1. The molecule has 0 atom stereocenters. The maximum absolute atomic E-state index is 11.0. The molecule has 24 heavy (non-hydrogen) atoms. The fraction of sp³-hybridized carbons (Fsp3) is 0.150. The number of carbonyl (C=O) groups is 1. The quantitative estimate of drug-likeness (QED) is 0.700. The first-order chi connectivity index (χ1) is 11.6. The molecular formula is C20H18ClNO2. The molecule has 0 amide bonds. The van der Waals surface area contributed by atoms with Crippen molar-refractivity contribution in [1.29, 1.82) is 0 Å². The largest absolute Gasteiger partial charge is 0.481 e. The summed E-state index contributed by atoms with van der Waals surface area (Å²) in [6, 6.07) is 19.9. The summed E-state index contributed by atoms with van der Waals surface area (Å²) in [7, 11) is 0. The highest BCUT2D eigenvalue weighted by molar-refractivity contribution is 6.30. The Kier molecular flexibility index (Phi) is 4.72. The topological polar surface area (TPSA) is 42.2 Å². The number of hydrogen-bond acceptors (Lipinski definition) is 1. The van der Waals surface area contributed by atoms with Gasteiger partial charge in [-0.05, 0) is 48.7 Å². The van der Waals surface area contributed by atoms with E-state index in [2.05, 4.69) is 4.57 Å². The van der Waals surface area contributed by atoms with E-state index in [1.54, 1.807) is 0 Å². The number of rotatable bonds is 5. The molecule has 0 aliphatic heterocycles. The van der Waals surface area contributed by atoms with Crippen molar-refractivity contribution in [1.82, 2.24) is 4.57 Å². The number of aryl methyl sites for hydroxylation is 2. The van der Waals surface area contributed by atoms with Gasteiger partial charge in [0.2, 0.25) is 0 Å². The van der Waals surface area contributed by atoms with Crippen LogP contribution < -0.4 is 0 Å². The number of carboxylic acid groups (broad SMARTS) is 1. The molecule has 0 fully saturated rings. The summed E-state index contributed by atoms with van der Waals surface area (Å²) in [5.74, 6) is -0.799. The molecule has 3 rings (SSSR count). The number of aromatic nitrogens is 1. The molecule has 1 N–H and O–H groups in total. The predicted molar refractivity (Wildman–Crippen MR) is 96.9 cm³/mol. The summed E-state index contributed by atoms with van der Waals surface area (Å²) in [6.45, 7) is 2.03. The predicted octanol–water partition coefficient (Wildman–Crippen LogP) is 5.12. The van der Waals surface area contributed by atoms with Crippen LogP contribution >= 0.6 is 11.6 Å². The zero-order valence-corrected chi connectivity index (χ0v) is 14.1. The molecule has 0 unspecified atom stereocenters. The van der Waals surface area contributed by atoms with Gasteiger partial charge in [0.05, 0.1) is 17.8 Å². The summed E-state index contributed by atoms with van der Waals surface area (Å²) < 4.78 is 2.11. The van der Waals surface area contributed by atoms with Crippen molar-refractivity contribution in [3.05, 3.63) is 76.9 Å². The van der Waals surface area contributed by atoms with Crippen molar-refractivity contribution in [3.63, 3.8) is 0 Å². The van der Waals surface area contributed by atoms with E-state index in [4.69, 9.17) is 16.7 Å². The Balaban J connectivity index is 2.17. The fourth-order valence-corrected chi connectivity index (χ4v) is 3.02. The number of hydrogen-bond donors (Lipinski definition) is 1. The maximum atomic E-state index is 11.0. The first-order valence-corrected chi connectivity index (χ1v) is 8.18. The van der Waals surface area contributed by atoms with Gasteiger partial charge >= 0.3 is 5.97 Å². The van der Waals surface area contributed by atoms with E-state index in [1.165, 1.54) is 0 Å².